The molecule has 0 bridgehead atoms. The van der Waals surface area contributed by atoms with Gasteiger partial charge in [0.25, 0.3) is 0 Å². The van der Waals surface area contributed by atoms with E-state index in [2.05, 4.69) is 0 Å². The molecule has 1 aromatic carbocycles. The third-order valence-corrected chi connectivity index (χ3v) is 5.39. The van der Waals surface area contributed by atoms with Gasteiger partial charge in [-0.2, -0.15) is 17.5 Å². The summed E-state index contributed by atoms with van der Waals surface area (Å²) in [5, 5.41) is 0.126. The minimum atomic E-state index is -4.59. The normalized spacial score (nSPS) is 16.5. The van der Waals surface area contributed by atoms with E-state index in [1.807, 2.05) is 0 Å². The van der Waals surface area contributed by atoms with Crippen molar-refractivity contribution in [1.29, 1.82) is 0 Å². The van der Waals surface area contributed by atoms with Crippen LogP contribution < -0.4 is 5.73 Å². The van der Waals surface area contributed by atoms with Gasteiger partial charge >= 0.3 is 6.18 Å². The molecule has 4 nitrogen and oxygen atoms in total. The molecule has 1 saturated carbocycles. The maximum atomic E-state index is 12.6. The van der Waals surface area contributed by atoms with Crippen LogP contribution in [-0.4, -0.2) is 31.5 Å². The number of sulfonamides is 1. The van der Waals surface area contributed by atoms with Gasteiger partial charge in [-0.3, -0.25) is 0 Å². The van der Waals surface area contributed by atoms with Gasteiger partial charge in [-0.05, 0) is 30.5 Å². The quantitative estimate of drug-likeness (QED) is 0.894. The summed E-state index contributed by atoms with van der Waals surface area (Å²) in [4.78, 5) is -0.249. The van der Waals surface area contributed by atoms with Gasteiger partial charge < -0.3 is 5.73 Å². The van der Waals surface area contributed by atoms with E-state index >= 15 is 0 Å². The van der Waals surface area contributed by atoms with E-state index < -0.39 is 28.8 Å². The van der Waals surface area contributed by atoms with Crippen molar-refractivity contribution < 1.29 is 21.6 Å². The van der Waals surface area contributed by atoms with Gasteiger partial charge in [0.1, 0.15) is 6.54 Å². The van der Waals surface area contributed by atoms with Gasteiger partial charge in [0, 0.05) is 17.6 Å². The fourth-order valence-electron chi connectivity index (χ4n) is 1.94. The van der Waals surface area contributed by atoms with Gasteiger partial charge in [0.05, 0.1) is 4.90 Å². The summed E-state index contributed by atoms with van der Waals surface area (Å²) in [7, 11) is -4.23. The van der Waals surface area contributed by atoms with Crippen LogP contribution in [0, 0.1) is 0 Å². The molecule has 2 rings (SSSR count). The summed E-state index contributed by atoms with van der Waals surface area (Å²) < 4.78 is 63.0. The Bertz CT molecular complexity index is 630. The zero-order chi connectivity index (χ0) is 15.8. The van der Waals surface area contributed by atoms with Gasteiger partial charge in [0.2, 0.25) is 10.0 Å². The van der Waals surface area contributed by atoms with Crippen LogP contribution in [0.4, 0.5) is 13.2 Å². The zero-order valence-corrected chi connectivity index (χ0v) is 12.5. The first-order chi connectivity index (χ1) is 9.65. The minimum Gasteiger partial charge on any atom is -0.326 e. The summed E-state index contributed by atoms with van der Waals surface area (Å²) in [5.41, 5.74) is 5.95. The van der Waals surface area contributed by atoms with Crippen LogP contribution in [0.15, 0.2) is 23.1 Å². The smallest absolute Gasteiger partial charge is 0.326 e. The lowest BCUT2D eigenvalue weighted by Gasteiger charge is -2.23. The van der Waals surface area contributed by atoms with Crippen LogP contribution in [0.25, 0.3) is 0 Å². The first kappa shape index (κ1) is 16.5. The van der Waals surface area contributed by atoms with Crippen LogP contribution in [0.1, 0.15) is 18.4 Å². The average molecular weight is 343 g/mol. The highest BCUT2D eigenvalue weighted by molar-refractivity contribution is 7.89. The Morgan fingerprint density at radius 1 is 1.33 bits per heavy atom. The molecule has 0 spiro atoms. The van der Waals surface area contributed by atoms with Gasteiger partial charge in [-0.25, -0.2) is 8.42 Å². The molecule has 9 heteroatoms. The first-order valence-electron chi connectivity index (χ1n) is 6.22. The highest BCUT2D eigenvalue weighted by Gasteiger charge is 2.44. The largest absolute Gasteiger partial charge is 0.402 e. The number of alkyl halides is 3. The van der Waals surface area contributed by atoms with E-state index in [1.54, 1.807) is 0 Å². The number of halogens is 4. The van der Waals surface area contributed by atoms with Gasteiger partial charge in [-0.1, -0.05) is 17.7 Å². The van der Waals surface area contributed by atoms with Crippen LogP contribution in [0.5, 0.6) is 0 Å². The first-order valence-corrected chi connectivity index (χ1v) is 8.04. The topological polar surface area (TPSA) is 63.4 Å². The highest BCUT2D eigenvalue weighted by atomic mass is 35.5. The van der Waals surface area contributed by atoms with E-state index in [9.17, 15) is 21.6 Å². The molecule has 0 saturated heterocycles. The number of hydrogen-bond acceptors (Lipinski definition) is 3. The SMILES string of the molecule is NCc1ccc(S(=O)(=O)N(CC(F)(F)F)C2CC2)cc1Cl. The molecule has 0 unspecified atom stereocenters. The number of rotatable bonds is 5. The molecule has 2 N–H and O–H groups in total. The van der Waals surface area contributed by atoms with E-state index in [0.717, 1.165) is 6.07 Å². The fraction of sp³-hybridized carbons (Fsp3) is 0.500. The van der Waals surface area contributed by atoms with Crippen LogP contribution >= 0.6 is 11.6 Å². The second-order valence-electron chi connectivity index (χ2n) is 4.85. The molecular formula is C12H14ClF3N2O2S. The summed E-state index contributed by atoms with van der Waals surface area (Å²) >= 11 is 5.88. The van der Waals surface area contributed by atoms with Gasteiger partial charge in [-0.15, -0.1) is 0 Å². The number of hydrogen-bond donors (Lipinski definition) is 1. The number of nitrogens with zero attached hydrogens (tertiary/aromatic N) is 1. The van der Waals surface area contributed by atoms with Crippen LogP contribution in [-0.2, 0) is 16.6 Å². The second-order valence-corrected chi connectivity index (χ2v) is 7.15. The molecule has 118 valence electrons. The molecule has 0 aliphatic heterocycles. The van der Waals surface area contributed by atoms with Crippen molar-refractivity contribution in [3.8, 4) is 0 Å². The van der Waals surface area contributed by atoms with Gasteiger partial charge in [0.15, 0.2) is 0 Å². The van der Waals surface area contributed by atoms with Crippen molar-refractivity contribution in [3.05, 3.63) is 28.8 Å². The molecule has 1 aromatic rings. The van der Waals surface area contributed by atoms with Crippen molar-refractivity contribution in [1.82, 2.24) is 4.31 Å². The fourth-order valence-corrected chi connectivity index (χ4v) is 3.96. The molecular weight excluding hydrogens is 329 g/mol. The average Bonchev–Trinajstić information content (AvgIpc) is 3.18. The Labute approximate surface area is 125 Å². The maximum absolute atomic E-state index is 12.6. The highest BCUT2D eigenvalue weighted by Crippen LogP contribution is 2.35. The number of benzene rings is 1. The monoisotopic (exact) mass is 342 g/mol. The Hall–Kier alpha value is -0.830. The molecule has 1 aliphatic rings. The molecule has 21 heavy (non-hydrogen) atoms. The lowest BCUT2D eigenvalue weighted by Crippen LogP contribution is -2.40. The Morgan fingerprint density at radius 2 is 1.95 bits per heavy atom. The third kappa shape index (κ3) is 3.88. The molecule has 0 amide bonds. The second kappa shape index (κ2) is 5.75. The molecule has 0 aromatic heterocycles. The van der Waals surface area contributed by atoms with Crippen molar-refractivity contribution >= 4 is 21.6 Å². The van der Waals surface area contributed by atoms with Crippen LogP contribution in [0.2, 0.25) is 5.02 Å². The predicted octanol–water partition coefficient (Wildman–Crippen LogP) is 2.51. The third-order valence-electron chi connectivity index (χ3n) is 3.14. The molecule has 0 atom stereocenters. The summed E-state index contributed by atoms with van der Waals surface area (Å²) in [6.07, 6.45) is -3.72. The zero-order valence-electron chi connectivity index (χ0n) is 10.9. The van der Waals surface area contributed by atoms with E-state index in [1.165, 1.54) is 12.1 Å². The molecule has 0 heterocycles. The molecule has 0 radical (unpaired) electrons. The van der Waals surface area contributed by atoms with Crippen molar-refractivity contribution in [2.24, 2.45) is 5.73 Å². The minimum absolute atomic E-state index is 0.119. The lowest BCUT2D eigenvalue weighted by atomic mass is 10.2. The lowest BCUT2D eigenvalue weighted by molar-refractivity contribution is -0.137. The van der Waals surface area contributed by atoms with Crippen molar-refractivity contribution in [2.75, 3.05) is 6.54 Å². The van der Waals surface area contributed by atoms with Crippen LogP contribution in [0.3, 0.4) is 0 Å². The summed E-state index contributed by atoms with van der Waals surface area (Å²) in [6, 6.07) is 3.19. The maximum Gasteiger partial charge on any atom is 0.402 e. The van der Waals surface area contributed by atoms with E-state index in [0.29, 0.717) is 22.7 Å². The van der Waals surface area contributed by atoms with Crippen molar-refractivity contribution in [2.45, 2.75) is 36.5 Å². The number of nitrogens with two attached hydrogens (primary N) is 1. The Balaban J connectivity index is 2.36. The molecule has 1 aliphatic carbocycles. The van der Waals surface area contributed by atoms with E-state index in [4.69, 9.17) is 17.3 Å². The molecule has 1 fully saturated rings. The van der Waals surface area contributed by atoms with Crippen molar-refractivity contribution in [3.63, 3.8) is 0 Å². The predicted molar refractivity (Wildman–Crippen MR) is 72.3 cm³/mol. The summed E-state index contributed by atoms with van der Waals surface area (Å²) in [6.45, 7) is -1.37. The Kier molecular flexibility index (Phi) is 4.53. The van der Waals surface area contributed by atoms with E-state index in [-0.39, 0.29) is 16.5 Å². The summed E-state index contributed by atoms with van der Waals surface area (Å²) in [5.74, 6) is 0. The standard InChI is InChI=1S/C12H14ClF3N2O2S/c13-11-5-10(4-1-8(11)6-17)21(19,20)18(9-2-3-9)7-12(14,15)16/h1,4-5,9H,2-3,6-7,17H2. The Morgan fingerprint density at radius 3 is 2.38 bits per heavy atom.